The fourth-order valence-corrected chi connectivity index (χ4v) is 4.71. The molecule has 0 unspecified atom stereocenters. The molecule has 0 bridgehead atoms. The van der Waals surface area contributed by atoms with Crippen LogP contribution in [0.25, 0.3) is 23.1 Å². The first kappa shape index (κ1) is 22.4. The monoisotopic (exact) mass is 469 g/mol. The Bertz CT molecular complexity index is 1340. The molecule has 2 aromatic heterocycles. The van der Waals surface area contributed by atoms with Crippen molar-refractivity contribution in [3.8, 4) is 0 Å². The quantitative estimate of drug-likeness (QED) is 0.369. The molecule has 1 amide bonds. The zero-order valence-corrected chi connectivity index (χ0v) is 20.1. The number of carbonyl (C=O) groups excluding carboxylic acids is 1. The van der Waals surface area contributed by atoms with Gasteiger partial charge in [0.1, 0.15) is 0 Å². The molecule has 0 atom stereocenters. The Morgan fingerprint density at radius 2 is 2.00 bits per heavy atom. The van der Waals surface area contributed by atoms with Crippen LogP contribution in [0.3, 0.4) is 0 Å². The van der Waals surface area contributed by atoms with E-state index in [1.165, 1.54) is 5.56 Å². The van der Waals surface area contributed by atoms with Crippen molar-refractivity contribution in [1.29, 1.82) is 0 Å². The van der Waals surface area contributed by atoms with Crippen LogP contribution in [-0.4, -0.2) is 46.1 Å². The third-order valence-corrected chi connectivity index (χ3v) is 6.66. The van der Waals surface area contributed by atoms with E-state index in [4.69, 9.17) is 0 Å². The van der Waals surface area contributed by atoms with Gasteiger partial charge in [0, 0.05) is 34.0 Å². The second-order valence-electron chi connectivity index (χ2n) is 8.82. The van der Waals surface area contributed by atoms with Gasteiger partial charge in [0.25, 0.3) is 5.91 Å². The molecule has 1 fully saturated rings. The molecule has 1 aliphatic carbocycles. The molecule has 0 aliphatic heterocycles. The number of aromatic amines is 1. The average Bonchev–Trinajstić information content (AvgIpc) is 3.55. The minimum atomic E-state index is 0.00370. The highest BCUT2D eigenvalue weighted by Gasteiger charge is 2.24. The number of nitrogens with zero attached hydrogens (tertiary/aromatic N) is 3. The summed E-state index contributed by atoms with van der Waals surface area (Å²) in [5.74, 6) is 0.00370. The Hall–Kier alpha value is -3.42. The van der Waals surface area contributed by atoms with Gasteiger partial charge in [-0.25, -0.2) is 0 Å². The van der Waals surface area contributed by atoms with Crippen LogP contribution in [0.1, 0.15) is 40.2 Å². The molecule has 2 N–H and O–H groups in total. The highest BCUT2D eigenvalue weighted by atomic mass is 32.2. The molecule has 4 aromatic rings. The van der Waals surface area contributed by atoms with Crippen LogP contribution < -0.4 is 5.32 Å². The molecule has 0 radical (unpaired) electrons. The normalized spacial score (nSPS) is 13.7. The summed E-state index contributed by atoms with van der Waals surface area (Å²) in [6.45, 7) is 0.872. The highest BCUT2D eigenvalue weighted by Crippen LogP contribution is 2.33. The number of hydrogen-bond donors (Lipinski definition) is 2. The van der Waals surface area contributed by atoms with Crippen molar-refractivity contribution in [2.75, 3.05) is 14.1 Å². The van der Waals surface area contributed by atoms with Crippen LogP contribution >= 0.6 is 11.8 Å². The number of pyridine rings is 1. The lowest BCUT2D eigenvalue weighted by molar-refractivity contribution is 0.0948. The van der Waals surface area contributed by atoms with Crippen LogP contribution in [0.2, 0.25) is 0 Å². The average molecular weight is 470 g/mol. The second kappa shape index (κ2) is 9.83. The molecule has 0 spiro atoms. The van der Waals surface area contributed by atoms with Crippen molar-refractivity contribution in [2.45, 2.75) is 35.2 Å². The van der Waals surface area contributed by atoms with Crippen LogP contribution in [-0.2, 0) is 6.54 Å². The Morgan fingerprint density at radius 1 is 1.15 bits per heavy atom. The first-order chi connectivity index (χ1) is 16.5. The standard InChI is InChI=1S/C27H27N5OS/c1-32(2)17-18-7-8-19(28-16-18)11-14-24-22-13-12-21(15-25(22)31-30-24)34-26-6-4-3-5-23(26)27(33)29-20-9-10-20/h3-8,11-16,20H,9-10,17H2,1-2H3,(H,29,33)(H,30,31)/b14-11+. The number of aromatic nitrogens is 3. The van der Waals surface area contributed by atoms with Crippen molar-refractivity contribution in [3.63, 3.8) is 0 Å². The lowest BCUT2D eigenvalue weighted by Crippen LogP contribution is -2.25. The third-order valence-electron chi connectivity index (χ3n) is 5.59. The van der Waals surface area contributed by atoms with Gasteiger partial charge in [-0.05, 0) is 81.1 Å². The van der Waals surface area contributed by atoms with Crippen LogP contribution in [0, 0.1) is 0 Å². The number of H-pyrrole nitrogens is 1. The minimum absolute atomic E-state index is 0.00370. The highest BCUT2D eigenvalue weighted by molar-refractivity contribution is 7.99. The molecule has 2 heterocycles. The number of carbonyl (C=O) groups is 1. The van der Waals surface area contributed by atoms with Crippen LogP contribution in [0.5, 0.6) is 0 Å². The van der Waals surface area contributed by atoms with Gasteiger partial charge in [-0.15, -0.1) is 0 Å². The van der Waals surface area contributed by atoms with Gasteiger partial charge in [0.2, 0.25) is 0 Å². The van der Waals surface area contributed by atoms with E-state index in [9.17, 15) is 4.79 Å². The van der Waals surface area contributed by atoms with Gasteiger partial charge in [-0.1, -0.05) is 30.0 Å². The molecule has 172 valence electrons. The Labute approximate surface area is 203 Å². The number of rotatable bonds is 8. The summed E-state index contributed by atoms with van der Waals surface area (Å²) < 4.78 is 0. The second-order valence-corrected chi connectivity index (χ2v) is 9.94. The Morgan fingerprint density at radius 3 is 2.76 bits per heavy atom. The maximum absolute atomic E-state index is 12.6. The molecule has 7 heteroatoms. The molecule has 2 aromatic carbocycles. The van der Waals surface area contributed by atoms with Crippen molar-refractivity contribution < 1.29 is 4.79 Å². The smallest absolute Gasteiger partial charge is 0.252 e. The summed E-state index contributed by atoms with van der Waals surface area (Å²) in [4.78, 5) is 21.3. The van der Waals surface area contributed by atoms with Gasteiger partial charge in [-0.2, -0.15) is 5.10 Å². The zero-order valence-electron chi connectivity index (χ0n) is 19.3. The molecule has 1 aliphatic rings. The molecule has 34 heavy (non-hydrogen) atoms. The summed E-state index contributed by atoms with van der Waals surface area (Å²) in [6, 6.07) is 18.4. The van der Waals surface area contributed by atoms with Gasteiger partial charge >= 0.3 is 0 Å². The van der Waals surface area contributed by atoms with Crippen molar-refractivity contribution in [2.24, 2.45) is 0 Å². The summed E-state index contributed by atoms with van der Waals surface area (Å²) >= 11 is 1.59. The maximum atomic E-state index is 12.6. The number of amides is 1. The van der Waals surface area contributed by atoms with Gasteiger partial charge in [0.15, 0.2) is 0 Å². The molecular formula is C27H27N5OS. The van der Waals surface area contributed by atoms with Gasteiger partial charge < -0.3 is 10.2 Å². The zero-order chi connectivity index (χ0) is 23.5. The van der Waals surface area contributed by atoms with E-state index in [0.29, 0.717) is 6.04 Å². The summed E-state index contributed by atoms with van der Waals surface area (Å²) in [5, 5.41) is 11.7. The lowest BCUT2D eigenvalue weighted by Gasteiger charge is -2.09. The molecule has 5 rings (SSSR count). The largest absolute Gasteiger partial charge is 0.349 e. The number of benzene rings is 2. The number of hydrogen-bond acceptors (Lipinski definition) is 5. The predicted octanol–water partition coefficient (Wildman–Crippen LogP) is 5.23. The summed E-state index contributed by atoms with van der Waals surface area (Å²) in [6.07, 6.45) is 8.02. The SMILES string of the molecule is CN(C)Cc1ccc(/C=C/c2n[nH]c3cc(Sc4ccccc4C(=O)NC4CC4)ccc23)nc1. The lowest BCUT2D eigenvalue weighted by atomic mass is 10.2. The number of fused-ring (bicyclic) bond motifs is 1. The first-order valence-corrected chi connectivity index (χ1v) is 12.2. The molecular weight excluding hydrogens is 442 g/mol. The molecule has 1 saturated carbocycles. The van der Waals surface area contributed by atoms with E-state index in [1.54, 1.807) is 11.8 Å². The van der Waals surface area contributed by atoms with Gasteiger partial charge in [-0.3, -0.25) is 14.9 Å². The van der Waals surface area contributed by atoms with E-state index in [1.807, 2.05) is 62.8 Å². The van der Waals surface area contributed by atoms with E-state index in [2.05, 4.69) is 49.7 Å². The van der Waals surface area contributed by atoms with E-state index >= 15 is 0 Å². The topological polar surface area (TPSA) is 73.9 Å². The fourth-order valence-electron chi connectivity index (χ4n) is 3.73. The Balaban J connectivity index is 1.31. The van der Waals surface area contributed by atoms with Gasteiger partial charge in [0.05, 0.1) is 22.5 Å². The first-order valence-electron chi connectivity index (χ1n) is 11.4. The third kappa shape index (κ3) is 5.38. The van der Waals surface area contributed by atoms with Crippen LogP contribution in [0.15, 0.2) is 70.6 Å². The van der Waals surface area contributed by atoms with E-state index < -0.39 is 0 Å². The van der Waals surface area contributed by atoms with E-state index in [-0.39, 0.29) is 5.91 Å². The van der Waals surface area contributed by atoms with Crippen molar-refractivity contribution in [1.82, 2.24) is 25.4 Å². The van der Waals surface area contributed by atoms with Crippen LogP contribution in [0.4, 0.5) is 0 Å². The Kier molecular flexibility index (Phi) is 6.47. The van der Waals surface area contributed by atoms with E-state index in [0.717, 1.165) is 57.0 Å². The molecule has 6 nitrogen and oxygen atoms in total. The predicted molar refractivity (Wildman–Crippen MR) is 138 cm³/mol. The fraction of sp³-hybridized carbons (Fsp3) is 0.222. The number of nitrogens with one attached hydrogen (secondary N) is 2. The maximum Gasteiger partial charge on any atom is 0.252 e. The summed E-state index contributed by atoms with van der Waals surface area (Å²) in [5.41, 5.74) is 4.63. The van der Waals surface area contributed by atoms with Crippen molar-refractivity contribution in [3.05, 3.63) is 83.3 Å². The minimum Gasteiger partial charge on any atom is -0.349 e. The molecule has 0 saturated heterocycles. The summed E-state index contributed by atoms with van der Waals surface area (Å²) in [7, 11) is 4.09. The van der Waals surface area contributed by atoms with Crippen molar-refractivity contribution >= 4 is 40.7 Å².